The van der Waals surface area contributed by atoms with Crippen LogP contribution in [0.25, 0.3) is 11.3 Å². The maximum Gasteiger partial charge on any atom is 0.310 e. The van der Waals surface area contributed by atoms with Crippen molar-refractivity contribution in [2.75, 3.05) is 0 Å². The Bertz CT molecular complexity index is 474. The summed E-state index contributed by atoms with van der Waals surface area (Å²) in [4.78, 5) is 17.7. The molecular weight excluding hydrogens is 204 g/mol. The average Bonchev–Trinajstić information content (AvgIpc) is 2.81. The molecule has 0 saturated heterocycles. The van der Waals surface area contributed by atoms with Crippen LogP contribution in [-0.2, 0) is 4.79 Å². The quantitative estimate of drug-likeness (QED) is 0.827. The van der Waals surface area contributed by atoms with Gasteiger partial charge in [0, 0.05) is 0 Å². The van der Waals surface area contributed by atoms with Crippen LogP contribution in [0.3, 0.4) is 0 Å². The van der Waals surface area contributed by atoms with E-state index in [4.69, 9.17) is 5.11 Å². The number of aliphatic carboxylic acids is 1. The largest absolute Gasteiger partial charge is 0.481 e. The van der Waals surface area contributed by atoms with Gasteiger partial charge in [-0.1, -0.05) is 24.3 Å². The molecule has 4 nitrogen and oxygen atoms in total. The first-order valence-electron chi connectivity index (χ1n) is 5.00. The number of aromatic nitrogens is 2. The third-order valence-corrected chi connectivity index (χ3v) is 2.59. The highest BCUT2D eigenvalue weighted by Gasteiger charge is 2.13. The number of benzene rings is 1. The maximum atomic E-state index is 10.8. The van der Waals surface area contributed by atoms with Gasteiger partial charge in [0.05, 0.1) is 24.1 Å². The van der Waals surface area contributed by atoms with Crippen molar-refractivity contribution >= 4 is 5.97 Å². The van der Waals surface area contributed by atoms with E-state index in [9.17, 15) is 4.79 Å². The molecule has 2 N–H and O–H groups in total. The van der Waals surface area contributed by atoms with Gasteiger partial charge in [-0.05, 0) is 18.1 Å². The molecule has 1 aromatic heterocycles. The fraction of sp³-hybridized carbons (Fsp3) is 0.167. The Morgan fingerprint density at radius 1 is 1.38 bits per heavy atom. The fourth-order valence-corrected chi connectivity index (χ4v) is 1.51. The summed E-state index contributed by atoms with van der Waals surface area (Å²) in [5.41, 5.74) is 2.73. The van der Waals surface area contributed by atoms with E-state index in [2.05, 4.69) is 9.97 Å². The maximum absolute atomic E-state index is 10.8. The van der Waals surface area contributed by atoms with Gasteiger partial charge in [-0.2, -0.15) is 0 Å². The Morgan fingerprint density at radius 2 is 2.06 bits per heavy atom. The van der Waals surface area contributed by atoms with Crippen LogP contribution in [0.5, 0.6) is 0 Å². The molecule has 1 heterocycles. The second kappa shape index (κ2) is 4.18. The first-order chi connectivity index (χ1) is 7.68. The van der Waals surface area contributed by atoms with Crippen LogP contribution in [0.1, 0.15) is 18.4 Å². The first kappa shape index (κ1) is 10.4. The number of rotatable bonds is 3. The molecule has 0 fully saturated rings. The van der Waals surface area contributed by atoms with Crippen LogP contribution in [0.2, 0.25) is 0 Å². The summed E-state index contributed by atoms with van der Waals surface area (Å²) < 4.78 is 0. The normalized spacial score (nSPS) is 12.3. The molecule has 1 aromatic carbocycles. The number of carbonyl (C=O) groups is 1. The van der Waals surface area contributed by atoms with Crippen molar-refractivity contribution in [3.8, 4) is 11.3 Å². The lowest BCUT2D eigenvalue weighted by Crippen LogP contribution is -2.06. The van der Waals surface area contributed by atoms with Crippen LogP contribution in [0, 0.1) is 0 Å². The van der Waals surface area contributed by atoms with E-state index in [0.29, 0.717) is 0 Å². The topological polar surface area (TPSA) is 66.0 Å². The molecule has 2 rings (SSSR count). The predicted molar refractivity (Wildman–Crippen MR) is 60.1 cm³/mol. The Kier molecular flexibility index (Phi) is 2.72. The minimum absolute atomic E-state index is 0.476. The SMILES string of the molecule is CC(C(=O)O)c1ccc(-c2cnc[nH]2)cc1. The molecule has 1 atom stereocenters. The molecule has 0 aliphatic carbocycles. The van der Waals surface area contributed by atoms with Gasteiger partial charge in [0.1, 0.15) is 0 Å². The molecule has 0 aliphatic heterocycles. The monoisotopic (exact) mass is 216 g/mol. The van der Waals surface area contributed by atoms with Gasteiger partial charge in [0.15, 0.2) is 0 Å². The second-order valence-electron chi connectivity index (χ2n) is 3.65. The minimum Gasteiger partial charge on any atom is -0.481 e. The lowest BCUT2D eigenvalue weighted by atomic mass is 9.99. The molecule has 16 heavy (non-hydrogen) atoms. The van der Waals surface area contributed by atoms with E-state index in [1.165, 1.54) is 0 Å². The number of hydrogen-bond acceptors (Lipinski definition) is 2. The van der Waals surface area contributed by atoms with Crippen molar-refractivity contribution in [2.24, 2.45) is 0 Å². The molecule has 4 heteroatoms. The van der Waals surface area contributed by atoms with E-state index >= 15 is 0 Å². The van der Waals surface area contributed by atoms with E-state index in [0.717, 1.165) is 16.8 Å². The van der Waals surface area contributed by atoms with E-state index in [1.807, 2.05) is 24.3 Å². The summed E-state index contributed by atoms with van der Waals surface area (Å²) in [5, 5.41) is 8.87. The van der Waals surface area contributed by atoms with Crippen LogP contribution in [0.15, 0.2) is 36.8 Å². The molecule has 0 bridgehead atoms. The van der Waals surface area contributed by atoms with Crippen LogP contribution in [0.4, 0.5) is 0 Å². The van der Waals surface area contributed by atoms with Crippen molar-refractivity contribution in [3.05, 3.63) is 42.4 Å². The molecule has 0 radical (unpaired) electrons. The van der Waals surface area contributed by atoms with Crippen LogP contribution in [-0.4, -0.2) is 21.0 Å². The smallest absolute Gasteiger partial charge is 0.310 e. The molecule has 0 spiro atoms. The highest BCUT2D eigenvalue weighted by molar-refractivity contribution is 5.75. The van der Waals surface area contributed by atoms with E-state index in [-0.39, 0.29) is 0 Å². The number of H-pyrrole nitrogens is 1. The zero-order chi connectivity index (χ0) is 11.5. The lowest BCUT2D eigenvalue weighted by Gasteiger charge is -2.06. The summed E-state index contributed by atoms with van der Waals surface area (Å²) >= 11 is 0. The van der Waals surface area contributed by atoms with Crippen molar-refractivity contribution in [2.45, 2.75) is 12.8 Å². The lowest BCUT2D eigenvalue weighted by molar-refractivity contribution is -0.138. The molecule has 0 amide bonds. The summed E-state index contributed by atoms with van der Waals surface area (Å²) in [5.74, 6) is -1.29. The van der Waals surface area contributed by atoms with Gasteiger partial charge in [-0.3, -0.25) is 4.79 Å². The molecule has 0 saturated carbocycles. The third-order valence-electron chi connectivity index (χ3n) is 2.59. The highest BCUT2D eigenvalue weighted by atomic mass is 16.4. The predicted octanol–water partition coefficient (Wildman–Crippen LogP) is 2.26. The number of nitrogens with one attached hydrogen (secondary N) is 1. The molecule has 0 aliphatic rings. The van der Waals surface area contributed by atoms with Crippen LogP contribution < -0.4 is 0 Å². The number of aromatic amines is 1. The van der Waals surface area contributed by atoms with E-state index in [1.54, 1.807) is 19.4 Å². The number of carboxylic acids is 1. The van der Waals surface area contributed by atoms with Crippen molar-refractivity contribution in [3.63, 3.8) is 0 Å². The van der Waals surface area contributed by atoms with Gasteiger partial charge in [0.25, 0.3) is 0 Å². The number of carboxylic acid groups (broad SMARTS) is 1. The summed E-state index contributed by atoms with van der Waals surface area (Å²) in [6.45, 7) is 1.67. The fourth-order valence-electron chi connectivity index (χ4n) is 1.51. The summed E-state index contributed by atoms with van der Waals surface area (Å²) in [6, 6.07) is 7.44. The van der Waals surface area contributed by atoms with E-state index < -0.39 is 11.9 Å². The van der Waals surface area contributed by atoms with Crippen LogP contribution >= 0.6 is 0 Å². The summed E-state index contributed by atoms with van der Waals surface area (Å²) in [7, 11) is 0. The standard InChI is InChI=1S/C12H12N2O2/c1-8(12(15)16)9-2-4-10(5-3-9)11-6-13-7-14-11/h2-8H,1H3,(H,13,14)(H,15,16). The Hall–Kier alpha value is -2.10. The van der Waals surface area contributed by atoms with Gasteiger partial charge < -0.3 is 10.1 Å². The average molecular weight is 216 g/mol. The Morgan fingerprint density at radius 3 is 2.56 bits per heavy atom. The zero-order valence-electron chi connectivity index (χ0n) is 8.84. The highest BCUT2D eigenvalue weighted by Crippen LogP contribution is 2.20. The molecular formula is C12H12N2O2. The minimum atomic E-state index is -0.811. The zero-order valence-corrected chi connectivity index (χ0v) is 8.84. The van der Waals surface area contributed by atoms with Gasteiger partial charge >= 0.3 is 5.97 Å². The van der Waals surface area contributed by atoms with Crippen molar-refractivity contribution < 1.29 is 9.90 Å². The Labute approximate surface area is 93.0 Å². The van der Waals surface area contributed by atoms with Gasteiger partial charge in [-0.15, -0.1) is 0 Å². The number of nitrogens with zero attached hydrogens (tertiary/aromatic N) is 1. The number of imidazole rings is 1. The Balaban J connectivity index is 2.26. The van der Waals surface area contributed by atoms with Gasteiger partial charge in [0.2, 0.25) is 0 Å². The second-order valence-corrected chi connectivity index (χ2v) is 3.65. The molecule has 82 valence electrons. The van der Waals surface area contributed by atoms with Gasteiger partial charge in [-0.25, -0.2) is 4.98 Å². The van der Waals surface area contributed by atoms with Crippen molar-refractivity contribution in [1.82, 2.24) is 9.97 Å². The summed E-state index contributed by atoms with van der Waals surface area (Å²) in [6.07, 6.45) is 3.35. The first-order valence-corrected chi connectivity index (χ1v) is 5.00. The third kappa shape index (κ3) is 1.95. The number of hydrogen-bond donors (Lipinski definition) is 2. The van der Waals surface area contributed by atoms with Crippen molar-refractivity contribution in [1.29, 1.82) is 0 Å². The molecule has 1 unspecified atom stereocenters. The molecule has 2 aromatic rings.